The molecule has 2 bridgehead atoms. The fourth-order valence-electron chi connectivity index (χ4n) is 8.26. The van der Waals surface area contributed by atoms with E-state index in [-0.39, 0.29) is 30.1 Å². The smallest absolute Gasteiger partial charge is 0.249 e. The highest BCUT2D eigenvalue weighted by atomic mass is 35.5. The average Bonchev–Trinajstić information content (AvgIpc) is 3.37. The Kier molecular flexibility index (Phi) is 3.45. The van der Waals surface area contributed by atoms with E-state index in [9.17, 15) is 14.4 Å². The molecule has 4 saturated heterocycles. The summed E-state index contributed by atoms with van der Waals surface area (Å²) in [5, 5.41) is 6.76. The number of benzene rings is 1. The number of anilines is 1. The van der Waals surface area contributed by atoms with Crippen LogP contribution in [0, 0.1) is 11.3 Å². The molecule has 0 radical (unpaired) electrons. The summed E-state index contributed by atoms with van der Waals surface area (Å²) in [6.45, 7) is 8.68. The maximum atomic E-state index is 14.0. The number of hydrogen-bond donors (Lipinski definition) is 2. The highest BCUT2D eigenvalue weighted by molar-refractivity contribution is 6.33. The van der Waals surface area contributed by atoms with Gasteiger partial charge in [0.25, 0.3) is 0 Å². The van der Waals surface area contributed by atoms with Crippen molar-refractivity contribution in [3.8, 4) is 5.75 Å². The van der Waals surface area contributed by atoms with Crippen LogP contribution in [0.4, 0.5) is 5.69 Å². The summed E-state index contributed by atoms with van der Waals surface area (Å²) in [5.41, 5.74) is -1.70. The third-order valence-corrected chi connectivity index (χ3v) is 10.2. The van der Waals surface area contributed by atoms with E-state index in [4.69, 9.17) is 16.3 Å². The third-order valence-electron chi connectivity index (χ3n) is 9.90. The Balaban J connectivity index is 1.46. The molecule has 1 aliphatic carbocycles. The second-order valence-corrected chi connectivity index (χ2v) is 12.5. The number of piperidine rings is 2. The largest absolute Gasteiger partial charge is 0.482 e. The van der Waals surface area contributed by atoms with Crippen molar-refractivity contribution in [3.63, 3.8) is 0 Å². The van der Waals surface area contributed by atoms with E-state index < -0.39 is 27.5 Å². The minimum Gasteiger partial charge on any atom is -0.482 e. The maximum Gasteiger partial charge on any atom is 0.249 e. The predicted molar refractivity (Wildman–Crippen MR) is 127 cm³/mol. The predicted octanol–water partition coefficient (Wildman–Crippen LogP) is 3.39. The molecule has 3 spiro atoms. The molecule has 3 amide bonds. The molecule has 8 heteroatoms. The zero-order valence-corrected chi connectivity index (χ0v) is 20.6. The summed E-state index contributed by atoms with van der Waals surface area (Å²) in [6.07, 6.45) is 6.27. The van der Waals surface area contributed by atoms with Crippen molar-refractivity contribution < 1.29 is 19.1 Å². The minimum absolute atomic E-state index is 0.0268. The Labute approximate surface area is 203 Å². The SMILES string of the molecule is CC1(C)C=Cc2c3c(cc(Cl)c2O1)[C@]1(C[C@@]24NC(=O)[C@]5(CCCN5C2=O)C[C@H]4C1(C)C)C(=O)N3. The first-order chi connectivity index (χ1) is 15.9. The van der Waals surface area contributed by atoms with Crippen LogP contribution < -0.4 is 15.4 Å². The van der Waals surface area contributed by atoms with E-state index in [0.29, 0.717) is 35.8 Å². The van der Waals surface area contributed by atoms with Crippen molar-refractivity contribution in [2.45, 2.75) is 75.5 Å². The fraction of sp³-hybridized carbons (Fsp3) is 0.577. The average molecular weight is 482 g/mol. The van der Waals surface area contributed by atoms with Gasteiger partial charge in [0.05, 0.1) is 16.1 Å². The van der Waals surface area contributed by atoms with Crippen molar-refractivity contribution >= 4 is 41.1 Å². The molecule has 1 aromatic carbocycles. The van der Waals surface area contributed by atoms with Gasteiger partial charge >= 0.3 is 0 Å². The molecular weight excluding hydrogens is 454 g/mol. The van der Waals surface area contributed by atoms with E-state index in [0.717, 1.165) is 17.5 Å². The molecule has 8 rings (SSSR count). The lowest BCUT2D eigenvalue weighted by Gasteiger charge is -2.59. The van der Waals surface area contributed by atoms with Crippen LogP contribution >= 0.6 is 11.6 Å². The van der Waals surface area contributed by atoms with Gasteiger partial charge in [-0.05, 0) is 68.7 Å². The number of ether oxygens (including phenoxy) is 1. The van der Waals surface area contributed by atoms with Crippen LogP contribution in [0.3, 0.4) is 0 Å². The van der Waals surface area contributed by atoms with Gasteiger partial charge in [0.2, 0.25) is 17.7 Å². The topological polar surface area (TPSA) is 87.7 Å². The van der Waals surface area contributed by atoms with Gasteiger partial charge in [-0.2, -0.15) is 0 Å². The van der Waals surface area contributed by atoms with Gasteiger partial charge in [0.1, 0.15) is 22.4 Å². The normalized spacial score (nSPS) is 39.4. The summed E-state index contributed by atoms with van der Waals surface area (Å²) in [7, 11) is 0. The van der Waals surface area contributed by atoms with Crippen LogP contribution in [0.2, 0.25) is 5.02 Å². The summed E-state index contributed by atoms with van der Waals surface area (Å²) in [5.74, 6) is 0.177. The van der Waals surface area contributed by atoms with Gasteiger partial charge < -0.3 is 20.3 Å². The Morgan fingerprint density at radius 2 is 1.91 bits per heavy atom. The van der Waals surface area contributed by atoms with Crippen LogP contribution in [0.15, 0.2) is 12.1 Å². The van der Waals surface area contributed by atoms with E-state index in [1.54, 1.807) is 0 Å². The maximum absolute atomic E-state index is 14.0. The van der Waals surface area contributed by atoms with Crippen molar-refractivity contribution in [1.29, 1.82) is 0 Å². The highest BCUT2D eigenvalue weighted by Crippen LogP contribution is 2.71. The lowest BCUT2D eigenvalue weighted by Crippen LogP contribution is -2.81. The molecule has 0 aromatic heterocycles. The summed E-state index contributed by atoms with van der Waals surface area (Å²) >= 11 is 6.77. The molecular formula is C26H28ClN3O4. The zero-order valence-electron chi connectivity index (χ0n) is 19.8. The lowest BCUT2D eigenvalue weighted by molar-refractivity contribution is -0.175. The van der Waals surface area contributed by atoms with Crippen molar-refractivity contribution in [2.75, 3.05) is 11.9 Å². The number of hydrogen-bond acceptors (Lipinski definition) is 4. The Bertz CT molecular complexity index is 1290. The first-order valence-corrected chi connectivity index (χ1v) is 12.5. The van der Waals surface area contributed by atoms with Gasteiger partial charge in [-0.25, -0.2) is 0 Å². The number of piperazine rings is 1. The molecule has 2 N–H and O–H groups in total. The Morgan fingerprint density at radius 1 is 1.15 bits per heavy atom. The molecule has 1 aromatic rings. The number of rotatable bonds is 0. The standard InChI is InChI=1S/C26H28ClN3O4/c1-22(2)8-6-13-17-14(10-15(27)18(13)34-22)25(20(32)28-17)12-26-16(23(25,3)4)11-24(19(31)29-26)7-5-9-30(24)21(26)33/h6,8,10,16H,5,7,9,11-12H2,1-4H3,(H,28,32)(H,29,31)/t16-,24-,25+,26-/m0/s1. The van der Waals surface area contributed by atoms with Crippen LogP contribution in [0.25, 0.3) is 6.08 Å². The second kappa shape index (κ2) is 5.64. The molecule has 5 fully saturated rings. The van der Waals surface area contributed by atoms with Crippen LogP contribution in [-0.4, -0.2) is 45.8 Å². The number of amides is 3. The molecule has 0 unspecified atom stereocenters. The molecule has 7 nitrogen and oxygen atoms in total. The van der Waals surface area contributed by atoms with Gasteiger partial charge in [0, 0.05) is 18.0 Å². The molecule has 4 atom stereocenters. The molecule has 178 valence electrons. The monoisotopic (exact) mass is 481 g/mol. The van der Waals surface area contributed by atoms with E-state index in [1.165, 1.54) is 0 Å². The van der Waals surface area contributed by atoms with Crippen LogP contribution in [0.1, 0.15) is 64.5 Å². The van der Waals surface area contributed by atoms with Crippen molar-refractivity contribution in [3.05, 3.63) is 28.3 Å². The molecule has 7 aliphatic rings. The number of nitrogens with one attached hydrogen (secondary N) is 2. The van der Waals surface area contributed by atoms with E-state index in [1.807, 2.05) is 37.0 Å². The summed E-state index contributed by atoms with van der Waals surface area (Å²) in [6, 6.07) is 1.84. The lowest BCUT2D eigenvalue weighted by atomic mass is 9.57. The van der Waals surface area contributed by atoms with E-state index in [2.05, 4.69) is 24.5 Å². The highest BCUT2D eigenvalue weighted by Gasteiger charge is 2.80. The van der Waals surface area contributed by atoms with Crippen molar-refractivity contribution in [2.24, 2.45) is 11.3 Å². The van der Waals surface area contributed by atoms with Gasteiger partial charge in [-0.15, -0.1) is 0 Å². The van der Waals surface area contributed by atoms with Crippen molar-refractivity contribution in [1.82, 2.24) is 10.2 Å². The number of carbonyl (C=O) groups is 3. The molecule has 6 aliphatic heterocycles. The third kappa shape index (κ3) is 1.96. The van der Waals surface area contributed by atoms with Crippen LogP contribution in [-0.2, 0) is 19.8 Å². The first kappa shape index (κ1) is 20.8. The number of nitrogens with zero attached hydrogens (tertiary/aromatic N) is 1. The molecule has 6 heterocycles. The number of fused-ring (bicyclic) bond motifs is 5. The first-order valence-electron chi connectivity index (χ1n) is 12.1. The summed E-state index contributed by atoms with van der Waals surface area (Å²) < 4.78 is 6.15. The Morgan fingerprint density at radius 3 is 2.68 bits per heavy atom. The van der Waals surface area contributed by atoms with Crippen LogP contribution in [0.5, 0.6) is 5.75 Å². The fourth-order valence-corrected chi connectivity index (χ4v) is 8.51. The second-order valence-electron chi connectivity index (χ2n) is 12.1. The molecule has 1 saturated carbocycles. The van der Waals surface area contributed by atoms with Gasteiger partial charge in [-0.3, -0.25) is 14.4 Å². The zero-order chi connectivity index (χ0) is 24.1. The molecule has 34 heavy (non-hydrogen) atoms. The van der Waals surface area contributed by atoms with Gasteiger partial charge in [-0.1, -0.05) is 25.4 Å². The number of carbonyl (C=O) groups excluding carboxylic acids is 3. The minimum atomic E-state index is -1.08. The summed E-state index contributed by atoms with van der Waals surface area (Å²) in [4.78, 5) is 43.1. The Hall–Kier alpha value is -2.54. The quantitative estimate of drug-likeness (QED) is 0.594. The van der Waals surface area contributed by atoms with E-state index >= 15 is 0 Å². The number of halogens is 1. The van der Waals surface area contributed by atoms with Gasteiger partial charge in [0.15, 0.2) is 0 Å².